The molecule has 1 atom stereocenters. The number of hydrogen-bond acceptors (Lipinski definition) is 5. The maximum atomic E-state index is 14.2. The number of nitrogens with one attached hydrogen (secondary N) is 3. The molecule has 0 bridgehead atoms. The first-order valence-corrected chi connectivity index (χ1v) is 12.5. The number of anilines is 2. The van der Waals surface area contributed by atoms with Crippen LogP contribution in [0.1, 0.15) is 30.9 Å². The van der Waals surface area contributed by atoms with Gasteiger partial charge >= 0.3 is 6.03 Å². The summed E-state index contributed by atoms with van der Waals surface area (Å²) in [6.07, 6.45) is 0. The number of H-pyrrole nitrogens is 1. The van der Waals surface area contributed by atoms with E-state index < -0.39 is 17.4 Å². The summed E-state index contributed by atoms with van der Waals surface area (Å²) in [5.74, 6) is 0.458. The number of carbonyl (C=O) groups is 1. The number of carbonyl (C=O) groups excluding carboxylic acids is 1. The van der Waals surface area contributed by atoms with Crippen LogP contribution in [-0.2, 0) is 0 Å². The van der Waals surface area contributed by atoms with Gasteiger partial charge in [0.2, 0.25) is 0 Å². The van der Waals surface area contributed by atoms with Gasteiger partial charge in [0, 0.05) is 11.1 Å². The lowest BCUT2D eigenvalue weighted by Crippen LogP contribution is -2.31. The Morgan fingerprint density at radius 3 is 2.33 bits per heavy atom. The van der Waals surface area contributed by atoms with Gasteiger partial charge in [-0.2, -0.15) is 0 Å². The van der Waals surface area contributed by atoms with Crippen LogP contribution in [-0.4, -0.2) is 32.3 Å². The fraction of sp³-hybridized carbons (Fsp3) is 0.133. The van der Waals surface area contributed by atoms with Crippen molar-refractivity contribution < 1.29 is 13.9 Å². The minimum Gasteiger partial charge on any atom is -0.484 e. The number of nitrogens with zero attached hydrogens (tertiary/aromatic N) is 3. The smallest absolute Gasteiger partial charge is 0.323 e. The quantitative estimate of drug-likeness (QED) is 0.242. The maximum absolute atomic E-state index is 14.2. The van der Waals surface area contributed by atoms with Gasteiger partial charge in [-0.15, -0.1) is 5.10 Å². The highest BCUT2D eigenvalue weighted by molar-refractivity contribution is 6.02. The molecular formula is C30H25FN6O2. The van der Waals surface area contributed by atoms with Crippen LogP contribution in [0.25, 0.3) is 22.5 Å². The van der Waals surface area contributed by atoms with Crippen molar-refractivity contribution in [1.82, 2.24) is 20.6 Å². The zero-order chi connectivity index (χ0) is 27.0. The van der Waals surface area contributed by atoms with E-state index in [1.54, 1.807) is 12.1 Å². The number of benzene rings is 4. The van der Waals surface area contributed by atoms with Crippen LogP contribution in [0.4, 0.5) is 20.6 Å². The fourth-order valence-electron chi connectivity index (χ4n) is 5.20. The standard InChI is InChI=1S/C30H25FN6O2/c1-30(2)26(18-10-4-3-5-11-18)22-16-19(20-12-6-7-13-21(20)28-34-36-37-35-28)17-25(27(22)39-30)33-29(38)32-24-15-9-8-14-23(24)31/h3-17,26H,1-2H3,(H2,32,33,38)(H,34,35,36,37). The van der Waals surface area contributed by atoms with Gasteiger partial charge in [0.05, 0.1) is 17.3 Å². The number of aromatic nitrogens is 4. The molecule has 9 heteroatoms. The third-order valence-electron chi connectivity index (χ3n) is 6.83. The molecule has 2 heterocycles. The fourth-order valence-corrected chi connectivity index (χ4v) is 5.20. The molecule has 0 radical (unpaired) electrons. The Labute approximate surface area is 224 Å². The summed E-state index contributed by atoms with van der Waals surface area (Å²) in [5.41, 5.74) is 4.47. The SMILES string of the molecule is CC1(C)Oc2c(NC(=O)Nc3ccccc3F)cc(-c3ccccc3-c3nnn[nH]3)cc2C1c1ccccc1. The molecule has 3 N–H and O–H groups in total. The van der Waals surface area contributed by atoms with Crippen molar-refractivity contribution in [2.45, 2.75) is 25.4 Å². The number of halogens is 1. The van der Waals surface area contributed by atoms with Crippen LogP contribution < -0.4 is 15.4 Å². The van der Waals surface area contributed by atoms with Crippen LogP contribution in [0.3, 0.4) is 0 Å². The number of para-hydroxylation sites is 1. The first-order valence-electron chi connectivity index (χ1n) is 12.5. The molecule has 39 heavy (non-hydrogen) atoms. The van der Waals surface area contributed by atoms with Crippen molar-refractivity contribution in [3.63, 3.8) is 0 Å². The van der Waals surface area contributed by atoms with Gasteiger partial charge in [-0.05, 0) is 65.2 Å². The number of hydrogen-bond donors (Lipinski definition) is 3. The Morgan fingerprint density at radius 2 is 1.59 bits per heavy atom. The van der Waals surface area contributed by atoms with E-state index in [2.05, 4.69) is 49.5 Å². The largest absolute Gasteiger partial charge is 0.484 e. The van der Waals surface area contributed by atoms with Crippen LogP contribution in [0.15, 0.2) is 91.0 Å². The predicted molar refractivity (Wildman–Crippen MR) is 147 cm³/mol. The summed E-state index contributed by atoms with van der Waals surface area (Å²) in [5, 5.41) is 19.9. The summed E-state index contributed by atoms with van der Waals surface area (Å²) in [6, 6.07) is 27.2. The van der Waals surface area contributed by atoms with E-state index in [4.69, 9.17) is 4.74 Å². The molecule has 1 aromatic heterocycles. The number of rotatable bonds is 5. The second kappa shape index (κ2) is 9.68. The third-order valence-corrected chi connectivity index (χ3v) is 6.83. The first-order chi connectivity index (χ1) is 18.9. The normalized spacial score (nSPS) is 15.3. The van der Waals surface area contributed by atoms with Crippen molar-refractivity contribution >= 4 is 17.4 Å². The monoisotopic (exact) mass is 520 g/mol. The average Bonchev–Trinajstić information content (AvgIpc) is 3.56. The Bertz CT molecular complexity index is 1650. The molecule has 4 aromatic carbocycles. The number of ether oxygens (including phenoxy) is 1. The van der Waals surface area contributed by atoms with Gasteiger partial charge in [0.25, 0.3) is 0 Å². The second-order valence-corrected chi connectivity index (χ2v) is 9.85. The van der Waals surface area contributed by atoms with Crippen molar-refractivity contribution in [2.75, 3.05) is 10.6 Å². The summed E-state index contributed by atoms with van der Waals surface area (Å²) >= 11 is 0. The number of fused-ring (bicyclic) bond motifs is 1. The third kappa shape index (κ3) is 4.59. The van der Waals surface area contributed by atoms with Gasteiger partial charge in [-0.25, -0.2) is 14.3 Å². The molecule has 6 rings (SSSR count). The summed E-state index contributed by atoms with van der Waals surface area (Å²) in [4.78, 5) is 13.1. The van der Waals surface area contributed by atoms with Crippen molar-refractivity contribution in [1.29, 1.82) is 0 Å². The lowest BCUT2D eigenvalue weighted by Gasteiger charge is -2.26. The van der Waals surface area contributed by atoms with Crippen LogP contribution in [0.2, 0.25) is 0 Å². The Morgan fingerprint density at radius 1 is 0.897 bits per heavy atom. The number of urea groups is 1. The molecule has 0 fully saturated rings. The first kappa shape index (κ1) is 24.3. The molecule has 0 aliphatic carbocycles. The number of amides is 2. The van der Waals surface area contributed by atoms with Gasteiger partial charge in [-0.1, -0.05) is 66.7 Å². The second-order valence-electron chi connectivity index (χ2n) is 9.85. The van der Waals surface area contributed by atoms with E-state index >= 15 is 0 Å². The van der Waals surface area contributed by atoms with Gasteiger partial charge in [0.15, 0.2) is 5.82 Å². The van der Waals surface area contributed by atoms with Crippen molar-refractivity contribution in [2.24, 2.45) is 0 Å². The molecule has 0 saturated carbocycles. The lowest BCUT2D eigenvalue weighted by molar-refractivity contribution is 0.123. The minimum absolute atomic E-state index is 0.0781. The lowest BCUT2D eigenvalue weighted by atomic mass is 9.80. The van der Waals surface area contributed by atoms with E-state index in [0.717, 1.165) is 27.8 Å². The zero-order valence-corrected chi connectivity index (χ0v) is 21.3. The van der Waals surface area contributed by atoms with Crippen molar-refractivity contribution in [3.8, 4) is 28.3 Å². The van der Waals surface area contributed by atoms with Gasteiger partial charge < -0.3 is 15.4 Å². The number of aromatic amines is 1. The summed E-state index contributed by atoms with van der Waals surface area (Å²) in [6.45, 7) is 4.06. The Balaban J connectivity index is 1.49. The molecule has 2 amide bonds. The highest BCUT2D eigenvalue weighted by Crippen LogP contribution is 2.53. The molecule has 1 aliphatic heterocycles. The summed E-state index contributed by atoms with van der Waals surface area (Å²) in [7, 11) is 0. The summed E-state index contributed by atoms with van der Waals surface area (Å²) < 4.78 is 20.7. The van der Waals surface area contributed by atoms with E-state index in [9.17, 15) is 9.18 Å². The molecule has 0 spiro atoms. The molecule has 0 saturated heterocycles. The highest BCUT2D eigenvalue weighted by Gasteiger charge is 2.44. The molecular weight excluding hydrogens is 495 g/mol. The zero-order valence-electron chi connectivity index (χ0n) is 21.3. The van der Waals surface area contributed by atoms with Crippen molar-refractivity contribution in [3.05, 3.63) is 108 Å². The Hall–Kier alpha value is -5.05. The molecule has 1 aliphatic rings. The maximum Gasteiger partial charge on any atom is 0.323 e. The topological polar surface area (TPSA) is 105 Å². The average molecular weight is 521 g/mol. The van der Waals surface area contributed by atoms with E-state index in [1.165, 1.54) is 12.1 Å². The molecule has 194 valence electrons. The predicted octanol–water partition coefficient (Wildman–Crippen LogP) is 6.62. The molecule has 8 nitrogen and oxygen atoms in total. The van der Waals surface area contributed by atoms with E-state index in [1.807, 2.05) is 62.4 Å². The van der Waals surface area contributed by atoms with E-state index in [-0.39, 0.29) is 11.6 Å². The van der Waals surface area contributed by atoms with Gasteiger partial charge in [0.1, 0.15) is 17.2 Å². The molecule has 1 unspecified atom stereocenters. The van der Waals surface area contributed by atoms with Crippen LogP contribution in [0.5, 0.6) is 5.75 Å². The van der Waals surface area contributed by atoms with E-state index in [0.29, 0.717) is 17.3 Å². The van der Waals surface area contributed by atoms with Crippen LogP contribution in [0, 0.1) is 5.82 Å². The highest BCUT2D eigenvalue weighted by atomic mass is 19.1. The van der Waals surface area contributed by atoms with Crippen LogP contribution >= 0.6 is 0 Å². The van der Waals surface area contributed by atoms with Gasteiger partial charge in [-0.3, -0.25) is 0 Å². The Kier molecular flexibility index (Phi) is 6.03. The molecule has 5 aromatic rings. The minimum atomic E-state index is -0.602. The number of tetrazole rings is 1.